The van der Waals surface area contributed by atoms with Crippen LogP contribution in [0.4, 0.5) is 5.69 Å². The Labute approximate surface area is 110 Å². The lowest BCUT2D eigenvalue weighted by atomic mass is 10.2. The lowest BCUT2D eigenvalue weighted by Gasteiger charge is -2.12. The normalized spacial score (nSPS) is 19.0. The number of benzene rings is 1. The van der Waals surface area contributed by atoms with Gasteiger partial charge >= 0.3 is 0 Å². The van der Waals surface area contributed by atoms with Crippen molar-refractivity contribution in [3.63, 3.8) is 0 Å². The van der Waals surface area contributed by atoms with Gasteiger partial charge < -0.3 is 10.6 Å². The minimum absolute atomic E-state index is 0.553. The quantitative estimate of drug-likeness (QED) is 0.782. The highest BCUT2D eigenvalue weighted by atomic mass is 32.2. The van der Waals surface area contributed by atoms with Gasteiger partial charge in [0, 0.05) is 23.2 Å². The molecule has 3 rings (SSSR count). The van der Waals surface area contributed by atoms with E-state index in [0.717, 1.165) is 23.1 Å². The third kappa shape index (κ3) is 2.83. The van der Waals surface area contributed by atoms with Crippen molar-refractivity contribution in [3.05, 3.63) is 30.6 Å². The van der Waals surface area contributed by atoms with Gasteiger partial charge in [0.15, 0.2) is 5.16 Å². The smallest absolute Gasteiger partial charge is 0.188 e. The number of nitrogens with one attached hydrogen (secondary N) is 3. The van der Waals surface area contributed by atoms with Gasteiger partial charge in [-0.2, -0.15) is 5.10 Å². The van der Waals surface area contributed by atoms with Gasteiger partial charge in [0.2, 0.25) is 0 Å². The highest BCUT2D eigenvalue weighted by Crippen LogP contribution is 2.25. The predicted octanol–water partition coefficient (Wildman–Crippen LogP) is 1.73. The molecule has 0 bridgehead atoms. The molecule has 1 atom stereocenters. The fourth-order valence-corrected chi connectivity index (χ4v) is 2.68. The van der Waals surface area contributed by atoms with Crippen LogP contribution in [-0.4, -0.2) is 34.3 Å². The van der Waals surface area contributed by atoms with Crippen LogP contribution < -0.4 is 10.6 Å². The van der Waals surface area contributed by atoms with Crippen LogP contribution in [0.3, 0.4) is 0 Å². The SMILES string of the molecule is c1n[nH]c(Sc2ccc(NC3CCNC3)cc2)n1. The van der Waals surface area contributed by atoms with Crippen molar-refractivity contribution in [1.82, 2.24) is 20.5 Å². The molecule has 6 heteroatoms. The largest absolute Gasteiger partial charge is 0.381 e. The first-order valence-electron chi connectivity index (χ1n) is 6.01. The molecule has 1 aliphatic rings. The molecule has 0 aliphatic carbocycles. The van der Waals surface area contributed by atoms with Gasteiger partial charge in [0.25, 0.3) is 0 Å². The van der Waals surface area contributed by atoms with Crippen molar-refractivity contribution in [2.75, 3.05) is 18.4 Å². The second-order valence-corrected chi connectivity index (χ2v) is 5.31. The van der Waals surface area contributed by atoms with E-state index in [0.29, 0.717) is 6.04 Å². The third-order valence-corrected chi connectivity index (χ3v) is 3.79. The molecule has 0 saturated carbocycles. The van der Waals surface area contributed by atoms with E-state index in [2.05, 4.69) is 50.1 Å². The van der Waals surface area contributed by atoms with Gasteiger partial charge in [-0.05, 0) is 37.2 Å². The maximum Gasteiger partial charge on any atom is 0.188 e. The van der Waals surface area contributed by atoms with Crippen LogP contribution in [0.2, 0.25) is 0 Å². The Bertz CT molecular complexity index is 476. The van der Waals surface area contributed by atoms with Crippen molar-refractivity contribution in [1.29, 1.82) is 0 Å². The second kappa shape index (κ2) is 5.41. The summed E-state index contributed by atoms with van der Waals surface area (Å²) in [5, 5.41) is 14.3. The Kier molecular flexibility index (Phi) is 3.47. The van der Waals surface area contributed by atoms with Crippen LogP contribution in [0.15, 0.2) is 40.6 Å². The number of rotatable bonds is 4. The van der Waals surface area contributed by atoms with Gasteiger partial charge in [0.1, 0.15) is 6.33 Å². The van der Waals surface area contributed by atoms with Crippen LogP contribution in [0, 0.1) is 0 Å². The van der Waals surface area contributed by atoms with Gasteiger partial charge in [-0.15, -0.1) is 0 Å². The van der Waals surface area contributed by atoms with Crippen LogP contribution in [0.5, 0.6) is 0 Å². The summed E-state index contributed by atoms with van der Waals surface area (Å²) in [6, 6.07) is 8.96. The molecule has 0 spiro atoms. The zero-order chi connectivity index (χ0) is 12.2. The second-order valence-electron chi connectivity index (χ2n) is 4.25. The summed E-state index contributed by atoms with van der Waals surface area (Å²) in [5.74, 6) is 0. The van der Waals surface area contributed by atoms with E-state index in [1.165, 1.54) is 18.4 Å². The Morgan fingerprint density at radius 3 is 2.83 bits per heavy atom. The van der Waals surface area contributed by atoms with Gasteiger partial charge in [0.05, 0.1) is 0 Å². The van der Waals surface area contributed by atoms with E-state index in [9.17, 15) is 0 Å². The molecule has 1 fully saturated rings. The standard InChI is InChI=1S/C12H15N5S/c1-3-11(18-12-14-8-15-17-12)4-2-9(1)16-10-5-6-13-7-10/h1-4,8,10,13,16H,5-7H2,(H,14,15,17). The molecule has 2 heterocycles. The van der Waals surface area contributed by atoms with E-state index in [4.69, 9.17) is 0 Å². The highest BCUT2D eigenvalue weighted by molar-refractivity contribution is 7.99. The topological polar surface area (TPSA) is 65.6 Å². The lowest BCUT2D eigenvalue weighted by molar-refractivity contribution is 0.793. The fraction of sp³-hybridized carbons (Fsp3) is 0.333. The molecule has 0 amide bonds. The van der Waals surface area contributed by atoms with Crippen molar-refractivity contribution in [3.8, 4) is 0 Å². The number of aromatic amines is 1. The van der Waals surface area contributed by atoms with E-state index in [1.807, 2.05) is 0 Å². The summed E-state index contributed by atoms with van der Waals surface area (Å²) >= 11 is 1.58. The van der Waals surface area contributed by atoms with Gasteiger partial charge in [-0.25, -0.2) is 4.98 Å². The minimum atomic E-state index is 0.553. The molecule has 1 unspecified atom stereocenters. The maximum atomic E-state index is 4.09. The average molecular weight is 261 g/mol. The Hall–Kier alpha value is -1.53. The highest BCUT2D eigenvalue weighted by Gasteiger charge is 2.13. The molecule has 0 radical (unpaired) electrons. The first-order valence-corrected chi connectivity index (χ1v) is 6.82. The molecular weight excluding hydrogens is 246 g/mol. The Morgan fingerprint density at radius 1 is 1.28 bits per heavy atom. The summed E-state index contributed by atoms with van der Waals surface area (Å²) in [4.78, 5) is 5.24. The first-order chi connectivity index (χ1) is 8.90. The molecule has 94 valence electrons. The minimum Gasteiger partial charge on any atom is -0.381 e. The fourth-order valence-electron chi connectivity index (χ4n) is 1.99. The van der Waals surface area contributed by atoms with E-state index in [-0.39, 0.29) is 0 Å². The van der Waals surface area contributed by atoms with Crippen LogP contribution in [0.1, 0.15) is 6.42 Å². The molecule has 3 N–H and O–H groups in total. The molecule has 18 heavy (non-hydrogen) atoms. The molecule has 1 aromatic heterocycles. The number of anilines is 1. The third-order valence-electron chi connectivity index (χ3n) is 2.89. The Morgan fingerprint density at radius 2 is 2.17 bits per heavy atom. The van der Waals surface area contributed by atoms with Crippen molar-refractivity contribution in [2.24, 2.45) is 0 Å². The van der Waals surface area contributed by atoms with Crippen LogP contribution in [-0.2, 0) is 0 Å². The van der Waals surface area contributed by atoms with Crippen LogP contribution >= 0.6 is 11.8 Å². The molecule has 1 aliphatic heterocycles. The summed E-state index contributed by atoms with van der Waals surface area (Å²) in [7, 11) is 0. The molecular formula is C12H15N5S. The number of H-pyrrole nitrogens is 1. The summed E-state index contributed by atoms with van der Waals surface area (Å²) in [6.45, 7) is 2.16. The van der Waals surface area contributed by atoms with Crippen molar-refractivity contribution < 1.29 is 0 Å². The molecule has 5 nitrogen and oxygen atoms in total. The number of hydrogen-bond acceptors (Lipinski definition) is 5. The molecule has 2 aromatic rings. The molecule has 1 aromatic carbocycles. The zero-order valence-corrected chi connectivity index (χ0v) is 10.7. The molecule has 1 saturated heterocycles. The van der Waals surface area contributed by atoms with E-state index >= 15 is 0 Å². The number of nitrogens with zero attached hydrogens (tertiary/aromatic N) is 2. The lowest BCUT2D eigenvalue weighted by Crippen LogP contribution is -2.21. The summed E-state index contributed by atoms with van der Waals surface area (Å²) < 4.78 is 0. The summed E-state index contributed by atoms with van der Waals surface area (Å²) in [5.41, 5.74) is 1.17. The van der Waals surface area contributed by atoms with Gasteiger partial charge in [-0.3, -0.25) is 5.10 Å². The van der Waals surface area contributed by atoms with Gasteiger partial charge in [-0.1, -0.05) is 11.8 Å². The summed E-state index contributed by atoms with van der Waals surface area (Å²) in [6.07, 6.45) is 2.71. The predicted molar refractivity (Wildman–Crippen MR) is 71.8 cm³/mol. The zero-order valence-electron chi connectivity index (χ0n) is 9.89. The average Bonchev–Trinajstić information content (AvgIpc) is 3.05. The first kappa shape index (κ1) is 11.6. The van der Waals surface area contributed by atoms with E-state index < -0.39 is 0 Å². The van der Waals surface area contributed by atoms with E-state index in [1.54, 1.807) is 11.8 Å². The maximum absolute atomic E-state index is 4.09. The Balaban J connectivity index is 1.61. The number of aromatic nitrogens is 3. The monoisotopic (exact) mass is 261 g/mol. The van der Waals surface area contributed by atoms with Crippen molar-refractivity contribution in [2.45, 2.75) is 22.5 Å². The number of hydrogen-bond donors (Lipinski definition) is 3. The van der Waals surface area contributed by atoms with Crippen LogP contribution in [0.25, 0.3) is 0 Å². The van der Waals surface area contributed by atoms with Crippen molar-refractivity contribution >= 4 is 17.4 Å².